The van der Waals surface area contributed by atoms with Crippen LogP contribution in [0.25, 0.3) is 0 Å². The van der Waals surface area contributed by atoms with Gasteiger partial charge in [0.2, 0.25) is 0 Å². The summed E-state index contributed by atoms with van der Waals surface area (Å²) in [6.07, 6.45) is 0. The van der Waals surface area contributed by atoms with Crippen LogP contribution >= 0.6 is 0 Å². The molecule has 0 spiro atoms. The molecule has 3 atom stereocenters. The van der Waals surface area contributed by atoms with Gasteiger partial charge in [0.25, 0.3) is 0 Å². The van der Waals surface area contributed by atoms with Gasteiger partial charge in [-0.2, -0.15) is 0 Å². The standard InChI is InChI=1S/C20H24N2O3S/c1-14-10-12-18(13-11-14)26(24,25)16(3)22-19(15(2)21(4)20(22)23)17-8-6-5-7-9-17/h5-13,15-16,19H,1-4H3/t15-,16+,19+/m0/s1. The number of hydrogen-bond donors (Lipinski definition) is 0. The number of carbonyl (C=O) groups excluding carboxylic acids is 1. The number of benzene rings is 2. The number of urea groups is 1. The fourth-order valence-corrected chi connectivity index (χ4v) is 4.89. The highest BCUT2D eigenvalue weighted by atomic mass is 32.2. The number of aryl methyl sites for hydroxylation is 1. The predicted molar refractivity (Wildman–Crippen MR) is 101 cm³/mol. The smallest absolute Gasteiger partial charge is 0.321 e. The van der Waals surface area contributed by atoms with Gasteiger partial charge < -0.3 is 4.90 Å². The molecule has 138 valence electrons. The lowest BCUT2D eigenvalue weighted by atomic mass is 10.0. The third kappa shape index (κ3) is 2.98. The monoisotopic (exact) mass is 372 g/mol. The SMILES string of the molecule is Cc1ccc(S(=O)(=O)[C@H](C)N2C(=O)N(C)[C@@H](C)[C@@H]2c2ccccc2)cc1. The zero-order chi connectivity index (χ0) is 19.1. The van der Waals surface area contributed by atoms with E-state index in [4.69, 9.17) is 0 Å². The average molecular weight is 372 g/mol. The first-order valence-electron chi connectivity index (χ1n) is 8.66. The van der Waals surface area contributed by atoms with Gasteiger partial charge >= 0.3 is 6.03 Å². The summed E-state index contributed by atoms with van der Waals surface area (Å²) in [4.78, 5) is 16.2. The molecule has 1 heterocycles. The quantitative estimate of drug-likeness (QED) is 0.824. The minimum Gasteiger partial charge on any atom is -0.323 e. The van der Waals surface area contributed by atoms with Crippen molar-refractivity contribution < 1.29 is 13.2 Å². The maximum atomic E-state index is 13.2. The second-order valence-corrected chi connectivity index (χ2v) is 9.10. The molecule has 0 saturated carbocycles. The first-order valence-corrected chi connectivity index (χ1v) is 10.2. The molecule has 3 rings (SSSR count). The Morgan fingerprint density at radius 2 is 1.58 bits per heavy atom. The molecule has 0 aliphatic carbocycles. The summed E-state index contributed by atoms with van der Waals surface area (Å²) < 4.78 is 26.3. The van der Waals surface area contributed by atoms with Crippen LogP contribution in [0.4, 0.5) is 4.79 Å². The van der Waals surface area contributed by atoms with Gasteiger partial charge in [0, 0.05) is 7.05 Å². The summed E-state index contributed by atoms with van der Waals surface area (Å²) in [6.45, 7) is 5.45. The molecule has 2 aromatic carbocycles. The van der Waals surface area contributed by atoms with Gasteiger partial charge in [0.1, 0.15) is 5.37 Å². The summed E-state index contributed by atoms with van der Waals surface area (Å²) in [5.41, 5.74) is 1.92. The zero-order valence-electron chi connectivity index (χ0n) is 15.5. The molecule has 1 aliphatic heterocycles. The molecule has 0 bridgehead atoms. The lowest BCUT2D eigenvalue weighted by molar-refractivity contribution is 0.187. The Balaban J connectivity index is 2.04. The van der Waals surface area contributed by atoms with Crippen LogP contribution in [0.5, 0.6) is 0 Å². The van der Waals surface area contributed by atoms with Gasteiger partial charge in [0.05, 0.1) is 17.0 Å². The van der Waals surface area contributed by atoms with Crippen LogP contribution < -0.4 is 0 Å². The Morgan fingerprint density at radius 1 is 1.00 bits per heavy atom. The van der Waals surface area contributed by atoms with Gasteiger partial charge in [0.15, 0.2) is 9.84 Å². The molecule has 26 heavy (non-hydrogen) atoms. The number of sulfone groups is 1. The Bertz CT molecular complexity index is 894. The zero-order valence-corrected chi connectivity index (χ0v) is 16.3. The van der Waals surface area contributed by atoms with E-state index >= 15 is 0 Å². The van der Waals surface area contributed by atoms with E-state index in [-0.39, 0.29) is 23.0 Å². The third-order valence-corrected chi connectivity index (χ3v) is 7.28. The Hall–Kier alpha value is -2.34. The van der Waals surface area contributed by atoms with Crippen LogP contribution in [0.15, 0.2) is 59.5 Å². The number of nitrogens with zero attached hydrogens (tertiary/aromatic N) is 2. The van der Waals surface area contributed by atoms with E-state index in [9.17, 15) is 13.2 Å². The summed E-state index contributed by atoms with van der Waals surface area (Å²) in [5, 5.41) is -0.963. The van der Waals surface area contributed by atoms with Crippen LogP contribution in [0, 0.1) is 6.92 Å². The van der Waals surface area contributed by atoms with E-state index in [0.29, 0.717) is 0 Å². The van der Waals surface area contributed by atoms with E-state index in [0.717, 1.165) is 11.1 Å². The average Bonchev–Trinajstić information content (AvgIpc) is 2.86. The van der Waals surface area contributed by atoms with Gasteiger partial charge in [-0.15, -0.1) is 0 Å². The molecular weight excluding hydrogens is 348 g/mol. The van der Waals surface area contributed by atoms with Crippen molar-refractivity contribution in [2.75, 3.05) is 7.05 Å². The molecular formula is C20H24N2O3S. The molecule has 2 amide bonds. The van der Waals surface area contributed by atoms with Crippen molar-refractivity contribution in [3.8, 4) is 0 Å². The normalized spacial score (nSPS) is 21.9. The molecule has 0 N–H and O–H groups in total. The van der Waals surface area contributed by atoms with Crippen LogP contribution in [0.3, 0.4) is 0 Å². The minimum atomic E-state index is -3.68. The second-order valence-electron chi connectivity index (χ2n) is 6.85. The highest BCUT2D eigenvalue weighted by Gasteiger charge is 2.47. The highest BCUT2D eigenvalue weighted by molar-refractivity contribution is 7.92. The van der Waals surface area contributed by atoms with E-state index < -0.39 is 15.2 Å². The number of carbonyl (C=O) groups is 1. The highest BCUT2D eigenvalue weighted by Crippen LogP contribution is 2.38. The predicted octanol–water partition coefficient (Wildman–Crippen LogP) is 3.61. The summed E-state index contributed by atoms with van der Waals surface area (Å²) in [7, 11) is -1.96. The fraction of sp³-hybridized carbons (Fsp3) is 0.350. The largest absolute Gasteiger partial charge is 0.323 e. The fourth-order valence-electron chi connectivity index (χ4n) is 3.46. The molecule has 1 aliphatic rings. The number of amides is 2. The molecule has 1 saturated heterocycles. The van der Waals surface area contributed by atoms with Crippen molar-refractivity contribution in [2.24, 2.45) is 0 Å². The molecule has 0 unspecified atom stereocenters. The Labute approximate surface area is 155 Å². The second kappa shape index (κ2) is 6.76. The maximum Gasteiger partial charge on any atom is 0.321 e. The molecule has 6 heteroatoms. The number of hydrogen-bond acceptors (Lipinski definition) is 3. The van der Waals surface area contributed by atoms with E-state index in [2.05, 4.69) is 0 Å². The van der Waals surface area contributed by atoms with Crippen molar-refractivity contribution in [2.45, 2.75) is 43.1 Å². The lowest BCUT2D eigenvalue weighted by Crippen LogP contribution is -2.42. The van der Waals surface area contributed by atoms with Crippen LogP contribution in [0.2, 0.25) is 0 Å². The Morgan fingerprint density at radius 3 is 2.15 bits per heavy atom. The molecule has 0 radical (unpaired) electrons. The van der Waals surface area contributed by atoms with Crippen LogP contribution in [0.1, 0.15) is 31.0 Å². The van der Waals surface area contributed by atoms with E-state index in [1.54, 1.807) is 43.1 Å². The van der Waals surface area contributed by atoms with E-state index in [1.807, 2.05) is 44.2 Å². The minimum absolute atomic E-state index is 0.124. The molecule has 5 nitrogen and oxygen atoms in total. The molecule has 1 fully saturated rings. The number of rotatable bonds is 4. The van der Waals surface area contributed by atoms with Gasteiger partial charge in [-0.3, -0.25) is 4.90 Å². The third-order valence-electron chi connectivity index (χ3n) is 5.22. The first-order chi connectivity index (χ1) is 12.2. The number of likely N-dealkylation sites (N-methyl/N-ethyl adjacent to an activating group) is 1. The van der Waals surface area contributed by atoms with Crippen molar-refractivity contribution >= 4 is 15.9 Å². The van der Waals surface area contributed by atoms with Gasteiger partial charge in [-0.25, -0.2) is 13.2 Å². The van der Waals surface area contributed by atoms with Crippen molar-refractivity contribution in [1.82, 2.24) is 9.80 Å². The Kier molecular flexibility index (Phi) is 4.80. The topological polar surface area (TPSA) is 57.7 Å². The van der Waals surface area contributed by atoms with Gasteiger partial charge in [-0.1, -0.05) is 48.0 Å². The molecule has 2 aromatic rings. The van der Waals surface area contributed by atoms with Crippen LogP contribution in [-0.4, -0.2) is 42.7 Å². The summed E-state index contributed by atoms with van der Waals surface area (Å²) >= 11 is 0. The molecule has 0 aromatic heterocycles. The maximum absolute atomic E-state index is 13.2. The first kappa shape index (κ1) is 18.5. The van der Waals surface area contributed by atoms with Crippen molar-refractivity contribution in [3.05, 3.63) is 65.7 Å². The lowest BCUT2D eigenvalue weighted by Gasteiger charge is -2.30. The van der Waals surface area contributed by atoms with Crippen molar-refractivity contribution in [3.63, 3.8) is 0 Å². The van der Waals surface area contributed by atoms with Crippen LogP contribution in [-0.2, 0) is 9.84 Å². The summed E-state index contributed by atoms with van der Waals surface area (Å²) in [5.74, 6) is 0. The van der Waals surface area contributed by atoms with Crippen molar-refractivity contribution in [1.29, 1.82) is 0 Å². The summed E-state index contributed by atoms with van der Waals surface area (Å²) in [6, 6.07) is 15.6. The van der Waals surface area contributed by atoms with E-state index in [1.165, 1.54) is 4.90 Å². The van der Waals surface area contributed by atoms with Gasteiger partial charge in [-0.05, 0) is 38.5 Å².